The van der Waals surface area contributed by atoms with Gasteiger partial charge in [-0.2, -0.15) is 18.3 Å². The van der Waals surface area contributed by atoms with E-state index < -0.39 is 18.1 Å². The highest BCUT2D eigenvalue weighted by Crippen LogP contribution is 2.36. The Morgan fingerprint density at radius 3 is 2.75 bits per heavy atom. The number of aryl methyl sites for hydroxylation is 1. The van der Waals surface area contributed by atoms with Gasteiger partial charge in [-0.05, 0) is 18.6 Å². The van der Waals surface area contributed by atoms with Crippen molar-refractivity contribution < 1.29 is 22.4 Å². The minimum absolute atomic E-state index is 0.0755. The van der Waals surface area contributed by atoms with Crippen LogP contribution in [0, 0.1) is 5.92 Å². The number of carbonyl (C=O) groups excluding carboxylic acids is 1. The van der Waals surface area contributed by atoms with Crippen LogP contribution < -0.4 is 16.4 Å². The summed E-state index contributed by atoms with van der Waals surface area (Å²) in [5, 5.41) is 4.14. The first-order valence-electron chi connectivity index (χ1n) is 11.3. The van der Waals surface area contributed by atoms with Gasteiger partial charge in [0, 0.05) is 79.8 Å². The van der Waals surface area contributed by atoms with E-state index in [1.165, 1.54) is 12.4 Å². The molecule has 0 saturated carbocycles. The minimum atomic E-state index is -4.36. The molecule has 5 rings (SSSR count). The maximum atomic E-state index is 13.4. The first kappa shape index (κ1) is 23.8. The zero-order valence-corrected chi connectivity index (χ0v) is 19.4. The van der Waals surface area contributed by atoms with Crippen molar-refractivity contribution in [2.24, 2.45) is 18.7 Å². The van der Waals surface area contributed by atoms with Crippen molar-refractivity contribution in [2.75, 3.05) is 23.7 Å². The van der Waals surface area contributed by atoms with Gasteiger partial charge in [-0.15, -0.1) is 0 Å². The molecule has 1 fully saturated rings. The minimum Gasteiger partial charge on any atom is -0.438 e. The second-order valence-corrected chi connectivity index (χ2v) is 9.06. The van der Waals surface area contributed by atoms with E-state index in [9.17, 15) is 18.0 Å². The number of hydrogen-bond acceptors (Lipinski definition) is 8. The lowest BCUT2D eigenvalue weighted by atomic mass is 9.93. The van der Waals surface area contributed by atoms with Crippen LogP contribution in [-0.4, -0.2) is 50.8 Å². The zero-order valence-electron chi connectivity index (χ0n) is 19.4. The average molecular weight is 499 g/mol. The van der Waals surface area contributed by atoms with Crippen molar-refractivity contribution in [1.29, 1.82) is 0 Å². The third kappa shape index (κ3) is 4.51. The molecule has 0 aromatic carbocycles. The summed E-state index contributed by atoms with van der Waals surface area (Å²) in [6.07, 6.45) is 3.43. The Morgan fingerprint density at radius 1 is 1.22 bits per heavy atom. The van der Waals surface area contributed by atoms with Crippen LogP contribution in [0.15, 0.2) is 47.5 Å². The highest BCUT2D eigenvalue weighted by Gasteiger charge is 2.44. The maximum absolute atomic E-state index is 13.4. The van der Waals surface area contributed by atoms with Crippen LogP contribution in [-0.2, 0) is 13.5 Å². The van der Waals surface area contributed by atoms with E-state index in [0.717, 1.165) is 11.1 Å². The number of nitrogens with two attached hydrogens (primary N) is 2. The molecule has 0 amide bonds. The molecule has 0 unspecified atom stereocenters. The van der Waals surface area contributed by atoms with Gasteiger partial charge in [0.1, 0.15) is 11.1 Å². The average Bonchev–Trinajstić information content (AvgIpc) is 3.40. The van der Waals surface area contributed by atoms with Crippen LogP contribution in [0.2, 0.25) is 0 Å². The van der Waals surface area contributed by atoms with Crippen molar-refractivity contribution in [3.63, 3.8) is 0 Å². The van der Waals surface area contributed by atoms with Crippen LogP contribution >= 0.6 is 0 Å². The summed E-state index contributed by atoms with van der Waals surface area (Å²) >= 11 is 0. The Balaban J connectivity index is 1.43. The number of nitrogens with zero attached hydrogens (tertiary/aromatic N) is 5. The molecule has 4 aromatic heterocycles. The molecule has 5 heterocycles. The van der Waals surface area contributed by atoms with Crippen molar-refractivity contribution >= 4 is 28.5 Å². The molecule has 188 valence electrons. The van der Waals surface area contributed by atoms with Gasteiger partial charge < -0.3 is 20.8 Å². The molecule has 1 saturated heterocycles. The molecule has 0 bridgehead atoms. The fourth-order valence-electron chi connectivity index (χ4n) is 4.69. The number of aromatic nitrogens is 4. The van der Waals surface area contributed by atoms with Gasteiger partial charge in [-0.25, -0.2) is 0 Å². The second kappa shape index (κ2) is 8.94. The van der Waals surface area contributed by atoms with E-state index in [1.54, 1.807) is 41.2 Å². The summed E-state index contributed by atoms with van der Waals surface area (Å²) in [4.78, 5) is 23.4. The molecule has 0 radical (unpaired) electrons. The molecule has 1 aliphatic rings. The van der Waals surface area contributed by atoms with Gasteiger partial charge in [-0.3, -0.25) is 19.4 Å². The van der Waals surface area contributed by atoms with Crippen molar-refractivity contribution in [2.45, 2.75) is 25.1 Å². The highest BCUT2D eigenvalue weighted by molar-refractivity contribution is 6.11. The van der Waals surface area contributed by atoms with Crippen LogP contribution in [0.4, 0.5) is 24.7 Å². The van der Waals surface area contributed by atoms with Gasteiger partial charge in [0.25, 0.3) is 0 Å². The number of alkyl halides is 3. The Kier molecular flexibility index (Phi) is 5.91. The highest BCUT2D eigenvalue weighted by atomic mass is 19.4. The van der Waals surface area contributed by atoms with Crippen molar-refractivity contribution in [3.05, 3.63) is 54.2 Å². The van der Waals surface area contributed by atoms with Crippen LogP contribution in [0.3, 0.4) is 0 Å². The standard InChI is InChI=1S/C24H24F3N7O2/c1-33-10-15(9-32-33)13-5-20-22(31-8-13)21(23(29)36-20)19(35)4-14-7-30-3-2-18(14)34-11-16(24(25,26)27)6-17(28)12-34/h2-3,5,7-10,16-17H,4,6,11-12,28-29H2,1H3/t16-,17+/m1/s1. The van der Waals surface area contributed by atoms with Gasteiger partial charge in [0.15, 0.2) is 11.4 Å². The lowest BCUT2D eigenvalue weighted by Crippen LogP contribution is -2.51. The zero-order chi connectivity index (χ0) is 25.6. The lowest BCUT2D eigenvalue weighted by molar-refractivity contribution is -0.177. The number of halogens is 3. The molecule has 9 nitrogen and oxygen atoms in total. The number of fused-ring (bicyclic) bond motifs is 1. The molecular weight excluding hydrogens is 475 g/mol. The smallest absolute Gasteiger partial charge is 0.393 e. The topological polar surface area (TPSA) is 129 Å². The monoisotopic (exact) mass is 499 g/mol. The Bertz CT molecular complexity index is 1430. The number of hydrogen-bond donors (Lipinski definition) is 2. The first-order valence-corrected chi connectivity index (χ1v) is 11.3. The molecule has 4 N–H and O–H groups in total. The summed E-state index contributed by atoms with van der Waals surface area (Å²) in [5.74, 6) is -2.01. The number of Topliss-reactive ketones (excluding diaryl/α,β-unsaturated/α-hetero) is 1. The molecule has 1 aliphatic heterocycles. The summed E-state index contributed by atoms with van der Waals surface area (Å²) in [6.45, 7) is 0.00506. The van der Waals surface area contributed by atoms with Crippen molar-refractivity contribution in [3.8, 4) is 11.1 Å². The number of anilines is 2. The summed E-state index contributed by atoms with van der Waals surface area (Å²) in [6, 6.07) is 2.69. The van der Waals surface area contributed by atoms with E-state index in [2.05, 4.69) is 15.1 Å². The van der Waals surface area contributed by atoms with E-state index in [0.29, 0.717) is 22.4 Å². The fraction of sp³-hybridized carbons (Fsp3) is 0.333. The predicted molar refractivity (Wildman–Crippen MR) is 127 cm³/mol. The summed E-state index contributed by atoms with van der Waals surface area (Å²) < 4.78 is 47.6. The molecule has 0 spiro atoms. The number of piperidine rings is 1. The largest absolute Gasteiger partial charge is 0.438 e. The molecule has 0 aliphatic carbocycles. The summed E-state index contributed by atoms with van der Waals surface area (Å²) in [5.41, 5.74) is 15.3. The fourth-order valence-corrected chi connectivity index (χ4v) is 4.69. The molecular formula is C24H24F3N7O2. The number of nitrogen functional groups attached to an aromatic ring is 1. The molecule has 4 aromatic rings. The SMILES string of the molecule is Cn1cc(-c2cnc3c(C(=O)Cc4cnccc4N4C[C@@H](N)C[C@@H](C(F)(F)F)C4)c(N)oc3c2)cn1. The first-order chi connectivity index (χ1) is 17.1. The molecule has 2 atom stereocenters. The Labute approximate surface area is 203 Å². The van der Waals surface area contributed by atoms with Gasteiger partial charge in [0.2, 0.25) is 5.88 Å². The second-order valence-electron chi connectivity index (χ2n) is 9.06. The van der Waals surface area contributed by atoms with E-state index >= 15 is 0 Å². The van der Waals surface area contributed by atoms with Gasteiger partial charge in [-0.1, -0.05) is 0 Å². The van der Waals surface area contributed by atoms with Gasteiger partial charge in [0.05, 0.1) is 12.1 Å². The van der Waals surface area contributed by atoms with Crippen LogP contribution in [0.5, 0.6) is 0 Å². The lowest BCUT2D eigenvalue weighted by Gasteiger charge is -2.39. The Morgan fingerprint density at radius 2 is 2.03 bits per heavy atom. The third-order valence-corrected chi connectivity index (χ3v) is 6.39. The van der Waals surface area contributed by atoms with E-state index in [1.807, 2.05) is 6.20 Å². The quantitative estimate of drug-likeness (QED) is 0.400. The predicted octanol–water partition coefficient (Wildman–Crippen LogP) is 3.35. The normalized spacial score (nSPS) is 18.6. The van der Waals surface area contributed by atoms with Gasteiger partial charge >= 0.3 is 6.18 Å². The number of rotatable bonds is 5. The van der Waals surface area contributed by atoms with E-state index in [4.69, 9.17) is 15.9 Å². The van der Waals surface area contributed by atoms with Crippen molar-refractivity contribution in [1.82, 2.24) is 19.7 Å². The number of carbonyl (C=O) groups is 1. The molecule has 12 heteroatoms. The number of furan rings is 1. The van der Waals surface area contributed by atoms with E-state index in [-0.39, 0.29) is 43.2 Å². The van der Waals surface area contributed by atoms with Crippen LogP contribution in [0.1, 0.15) is 22.3 Å². The number of ketones is 1. The third-order valence-electron chi connectivity index (χ3n) is 6.39. The maximum Gasteiger partial charge on any atom is 0.393 e. The summed E-state index contributed by atoms with van der Waals surface area (Å²) in [7, 11) is 1.80. The Hall–Kier alpha value is -3.93. The van der Waals surface area contributed by atoms with Crippen LogP contribution in [0.25, 0.3) is 22.2 Å². The molecule has 36 heavy (non-hydrogen) atoms. The number of pyridine rings is 2.